The van der Waals surface area contributed by atoms with Gasteiger partial charge >= 0.3 is 0 Å². The molecule has 3 N–H and O–H groups in total. The Morgan fingerprint density at radius 2 is 2.00 bits per heavy atom. The SMILES string of the molecule is CC[C@H](CO)Nc1nc(CC[NH+](C)C)nc2ccccc12. The van der Waals surface area contributed by atoms with Crippen molar-refractivity contribution in [3.8, 4) is 0 Å². The lowest BCUT2D eigenvalue weighted by molar-refractivity contribution is -0.858. The number of fused-ring (bicyclic) bond motifs is 1. The lowest BCUT2D eigenvalue weighted by atomic mass is 10.2. The number of anilines is 1. The summed E-state index contributed by atoms with van der Waals surface area (Å²) in [5, 5.41) is 13.7. The third kappa shape index (κ3) is 4.12. The maximum absolute atomic E-state index is 9.40. The van der Waals surface area contributed by atoms with E-state index in [1.54, 1.807) is 0 Å². The molecule has 0 saturated heterocycles. The Labute approximate surface area is 126 Å². The van der Waals surface area contributed by atoms with Gasteiger partial charge in [-0.1, -0.05) is 19.1 Å². The number of hydrogen-bond acceptors (Lipinski definition) is 4. The number of hydrogen-bond donors (Lipinski definition) is 3. The highest BCUT2D eigenvalue weighted by Gasteiger charge is 2.11. The first kappa shape index (κ1) is 15.7. The van der Waals surface area contributed by atoms with Crippen molar-refractivity contribution in [3.63, 3.8) is 0 Å². The van der Waals surface area contributed by atoms with Gasteiger partial charge in [0.25, 0.3) is 0 Å². The lowest BCUT2D eigenvalue weighted by Gasteiger charge is -2.17. The number of aliphatic hydroxyl groups excluding tert-OH is 1. The van der Waals surface area contributed by atoms with Gasteiger partial charge in [-0.3, -0.25) is 0 Å². The van der Waals surface area contributed by atoms with Gasteiger partial charge in [-0.2, -0.15) is 0 Å². The number of quaternary nitrogens is 1. The second kappa shape index (κ2) is 7.33. The highest BCUT2D eigenvalue weighted by molar-refractivity contribution is 5.89. The summed E-state index contributed by atoms with van der Waals surface area (Å²) in [6, 6.07) is 8.02. The fraction of sp³-hybridized carbons (Fsp3) is 0.500. The summed E-state index contributed by atoms with van der Waals surface area (Å²) in [6.45, 7) is 3.15. The first-order valence-corrected chi connectivity index (χ1v) is 7.56. The Bertz CT molecular complexity index is 581. The van der Waals surface area contributed by atoms with E-state index in [9.17, 15) is 5.11 Å². The zero-order chi connectivity index (χ0) is 15.2. The van der Waals surface area contributed by atoms with Crippen molar-refractivity contribution >= 4 is 16.7 Å². The molecule has 5 nitrogen and oxygen atoms in total. The van der Waals surface area contributed by atoms with E-state index in [0.29, 0.717) is 0 Å². The lowest BCUT2D eigenvalue weighted by Crippen LogP contribution is -3.06. The minimum Gasteiger partial charge on any atom is -0.394 e. The fourth-order valence-corrected chi connectivity index (χ4v) is 2.18. The van der Waals surface area contributed by atoms with Gasteiger partial charge in [0.1, 0.15) is 11.6 Å². The molecule has 0 aliphatic carbocycles. The minimum atomic E-state index is 0.0237. The maximum atomic E-state index is 9.40. The zero-order valence-corrected chi connectivity index (χ0v) is 13.1. The largest absolute Gasteiger partial charge is 0.394 e. The normalized spacial score (nSPS) is 12.8. The molecule has 1 aromatic carbocycles. The number of aromatic nitrogens is 2. The molecule has 1 atom stereocenters. The summed E-state index contributed by atoms with van der Waals surface area (Å²) in [7, 11) is 4.25. The van der Waals surface area contributed by atoms with E-state index < -0.39 is 0 Å². The van der Waals surface area contributed by atoms with E-state index in [0.717, 1.165) is 41.9 Å². The molecule has 0 unspecified atom stereocenters. The second-order valence-corrected chi connectivity index (χ2v) is 5.64. The molecule has 2 aromatic rings. The van der Waals surface area contributed by atoms with Crippen LogP contribution in [0.1, 0.15) is 19.2 Å². The van der Waals surface area contributed by atoms with E-state index in [4.69, 9.17) is 0 Å². The Morgan fingerprint density at radius 3 is 2.67 bits per heavy atom. The Balaban J connectivity index is 2.35. The number of nitrogens with one attached hydrogen (secondary N) is 2. The van der Waals surface area contributed by atoms with E-state index >= 15 is 0 Å². The van der Waals surface area contributed by atoms with Gasteiger partial charge in [0, 0.05) is 5.39 Å². The van der Waals surface area contributed by atoms with Crippen molar-refractivity contribution in [3.05, 3.63) is 30.1 Å². The fourth-order valence-electron chi connectivity index (χ4n) is 2.18. The standard InChI is InChI=1S/C16H24N4O/c1-4-12(11-21)17-16-13-7-5-6-8-14(13)18-15(19-16)9-10-20(2)3/h5-8,12,21H,4,9-11H2,1-3H3,(H,17,18,19)/p+1/t12-/m1/s1. The molecule has 114 valence electrons. The highest BCUT2D eigenvalue weighted by atomic mass is 16.3. The van der Waals surface area contributed by atoms with Crippen LogP contribution < -0.4 is 10.2 Å². The molecule has 1 aromatic heterocycles. The first-order chi connectivity index (χ1) is 10.1. The van der Waals surface area contributed by atoms with Crippen LogP contribution in [0.2, 0.25) is 0 Å². The monoisotopic (exact) mass is 289 g/mol. The molecule has 0 bridgehead atoms. The molecule has 0 fully saturated rings. The van der Waals surface area contributed by atoms with Gasteiger partial charge in [0.15, 0.2) is 0 Å². The minimum absolute atomic E-state index is 0.0237. The molecular formula is C16H25N4O+. The van der Waals surface area contributed by atoms with Crippen molar-refractivity contribution in [1.82, 2.24) is 9.97 Å². The van der Waals surface area contributed by atoms with Crippen LogP contribution in [0.5, 0.6) is 0 Å². The van der Waals surface area contributed by atoms with Gasteiger partial charge in [0.05, 0.1) is 45.2 Å². The first-order valence-electron chi connectivity index (χ1n) is 7.56. The van der Waals surface area contributed by atoms with Gasteiger partial charge in [-0.25, -0.2) is 9.97 Å². The Kier molecular flexibility index (Phi) is 5.47. The predicted molar refractivity (Wildman–Crippen MR) is 85.7 cm³/mol. The quantitative estimate of drug-likeness (QED) is 0.694. The van der Waals surface area contributed by atoms with E-state index in [2.05, 4.69) is 29.4 Å². The predicted octanol–water partition coefficient (Wildman–Crippen LogP) is 0.500. The molecule has 0 amide bonds. The third-order valence-corrected chi connectivity index (χ3v) is 3.55. The van der Waals surface area contributed by atoms with Crippen LogP contribution in [0, 0.1) is 0 Å². The molecule has 0 spiro atoms. The topological polar surface area (TPSA) is 62.5 Å². The van der Waals surface area contributed by atoms with Gasteiger partial charge in [-0.15, -0.1) is 0 Å². The van der Waals surface area contributed by atoms with Gasteiger partial charge in [-0.05, 0) is 18.6 Å². The van der Waals surface area contributed by atoms with Crippen LogP contribution in [0.3, 0.4) is 0 Å². The molecule has 21 heavy (non-hydrogen) atoms. The van der Waals surface area contributed by atoms with Crippen LogP contribution >= 0.6 is 0 Å². The Morgan fingerprint density at radius 1 is 1.24 bits per heavy atom. The number of rotatable bonds is 7. The molecule has 1 heterocycles. The number of para-hydroxylation sites is 1. The van der Waals surface area contributed by atoms with Crippen molar-refractivity contribution in [2.75, 3.05) is 32.6 Å². The van der Waals surface area contributed by atoms with Crippen LogP contribution in [0.15, 0.2) is 24.3 Å². The van der Waals surface area contributed by atoms with Crippen LogP contribution in [0.25, 0.3) is 10.9 Å². The summed E-state index contributed by atoms with van der Waals surface area (Å²) >= 11 is 0. The summed E-state index contributed by atoms with van der Waals surface area (Å²) in [5.41, 5.74) is 0.951. The molecule has 0 radical (unpaired) electrons. The van der Waals surface area contributed by atoms with Crippen LogP contribution in [-0.4, -0.2) is 48.4 Å². The zero-order valence-electron chi connectivity index (χ0n) is 13.1. The van der Waals surface area contributed by atoms with Gasteiger partial charge < -0.3 is 15.3 Å². The molecule has 0 saturated carbocycles. The van der Waals surface area contributed by atoms with Crippen molar-refractivity contribution in [2.45, 2.75) is 25.8 Å². The summed E-state index contributed by atoms with van der Waals surface area (Å²) in [5.74, 6) is 1.68. The number of aliphatic hydroxyl groups is 1. The smallest absolute Gasteiger partial charge is 0.137 e. The van der Waals surface area contributed by atoms with Crippen LogP contribution in [-0.2, 0) is 6.42 Å². The highest BCUT2D eigenvalue weighted by Crippen LogP contribution is 2.21. The van der Waals surface area contributed by atoms with E-state index in [1.807, 2.05) is 31.2 Å². The van der Waals surface area contributed by atoms with Gasteiger partial charge in [0.2, 0.25) is 0 Å². The second-order valence-electron chi connectivity index (χ2n) is 5.64. The summed E-state index contributed by atoms with van der Waals surface area (Å²) in [4.78, 5) is 10.7. The van der Waals surface area contributed by atoms with Crippen LogP contribution in [0.4, 0.5) is 5.82 Å². The number of nitrogens with zero attached hydrogens (tertiary/aromatic N) is 2. The Hall–Kier alpha value is -1.72. The molecule has 5 heteroatoms. The average Bonchev–Trinajstić information content (AvgIpc) is 2.50. The van der Waals surface area contributed by atoms with E-state index in [-0.39, 0.29) is 12.6 Å². The molecule has 2 rings (SSSR count). The number of likely N-dealkylation sites (N-methyl/N-ethyl adjacent to an activating group) is 1. The van der Waals surface area contributed by atoms with E-state index in [1.165, 1.54) is 4.90 Å². The van der Waals surface area contributed by atoms with Crippen molar-refractivity contribution < 1.29 is 10.0 Å². The molecule has 0 aliphatic heterocycles. The maximum Gasteiger partial charge on any atom is 0.137 e. The summed E-state index contributed by atoms with van der Waals surface area (Å²) in [6.07, 6.45) is 1.70. The third-order valence-electron chi connectivity index (χ3n) is 3.55. The number of benzene rings is 1. The van der Waals surface area contributed by atoms with Crippen molar-refractivity contribution in [2.24, 2.45) is 0 Å². The molecule has 0 aliphatic rings. The summed E-state index contributed by atoms with van der Waals surface area (Å²) < 4.78 is 0. The van der Waals surface area contributed by atoms with Crippen molar-refractivity contribution in [1.29, 1.82) is 0 Å². The molecular weight excluding hydrogens is 264 g/mol. The average molecular weight is 289 g/mol.